The first-order valence-electron chi connectivity index (χ1n) is 10.4. The van der Waals surface area contributed by atoms with E-state index in [1.165, 1.54) is 31.5 Å². The van der Waals surface area contributed by atoms with Crippen LogP contribution < -0.4 is 15.4 Å². The summed E-state index contributed by atoms with van der Waals surface area (Å²) < 4.78 is 5.42. The zero-order valence-electron chi connectivity index (χ0n) is 16.7. The smallest absolute Gasteiger partial charge is 0.255 e. The van der Waals surface area contributed by atoms with Gasteiger partial charge in [-0.2, -0.15) is 11.8 Å². The molecule has 0 radical (unpaired) electrons. The average molecular weight is 438 g/mol. The van der Waals surface area contributed by atoms with Crippen LogP contribution in [0.15, 0.2) is 12.1 Å². The minimum Gasteiger partial charge on any atom is -0.496 e. The molecule has 1 aliphatic carbocycles. The highest BCUT2D eigenvalue weighted by Crippen LogP contribution is 2.35. The Labute approximate surface area is 181 Å². The maximum atomic E-state index is 12.9. The van der Waals surface area contributed by atoms with Crippen molar-refractivity contribution in [2.45, 2.75) is 44.2 Å². The number of carbonyl (C=O) groups excluding carboxylic acids is 2. The summed E-state index contributed by atoms with van der Waals surface area (Å²) in [6.07, 6.45) is 5.27. The monoisotopic (exact) mass is 437 g/mol. The number of hydrogen-bond donors (Lipinski definition) is 2. The highest BCUT2D eigenvalue weighted by atomic mass is 35.5. The molecule has 0 unspecified atom stereocenters. The summed E-state index contributed by atoms with van der Waals surface area (Å²) in [6, 6.07) is 4.01. The third kappa shape index (κ3) is 5.01. The number of methoxy groups -OCH3 is 1. The summed E-state index contributed by atoms with van der Waals surface area (Å²) in [5.41, 5.74) is 0.883. The summed E-state index contributed by atoms with van der Waals surface area (Å²) in [7, 11) is 1.52. The number of benzene rings is 1. The van der Waals surface area contributed by atoms with Crippen molar-refractivity contribution in [2.24, 2.45) is 5.92 Å². The van der Waals surface area contributed by atoms with Gasteiger partial charge in [0.2, 0.25) is 5.91 Å². The van der Waals surface area contributed by atoms with Crippen LogP contribution in [-0.2, 0) is 4.79 Å². The fraction of sp³-hybridized carbons (Fsp3) is 0.619. The van der Waals surface area contributed by atoms with Gasteiger partial charge in [-0.1, -0.05) is 11.6 Å². The van der Waals surface area contributed by atoms with Gasteiger partial charge >= 0.3 is 0 Å². The molecule has 2 heterocycles. The Kier molecular flexibility index (Phi) is 6.56. The molecule has 2 aliphatic heterocycles. The van der Waals surface area contributed by atoms with Gasteiger partial charge in [0.05, 0.1) is 23.4 Å². The molecular formula is C21H28ClN3O3S. The largest absolute Gasteiger partial charge is 0.496 e. The number of thioether (sulfide) groups is 1. The normalized spacial score (nSPS) is 23.0. The molecule has 3 aliphatic rings. The van der Waals surface area contributed by atoms with Crippen molar-refractivity contribution in [3.8, 4) is 5.75 Å². The van der Waals surface area contributed by atoms with Crippen LogP contribution in [0.4, 0.5) is 5.69 Å². The standard InChI is InChI=1S/C21H28ClN3O3S/c1-28-19-11-18(24-20(26)13-2-3-13)17(22)10-16(19)21(27)23-14-4-7-25(12-14)15-5-8-29-9-6-15/h10-11,13-15H,2-9,12H2,1H3,(H,23,27)(H,24,26)/t14-/m0/s1. The number of carbonyl (C=O) groups is 2. The van der Waals surface area contributed by atoms with E-state index < -0.39 is 0 Å². The number of rotatable bonds is 6. The van der Waals surface area contributed by atoms with E-state index in [4.69, 9.17) is 16.3 Å². The van der Waals surface area contributed by atoms with E-state index >= 15 is 0 Å². The molecule has 1 aromatic carbocycles. The summed E-state index contributed by atoms with van der Waals surface area (Å²) in [6.45, 7) is 1.93. The fourth-order valence-corrected chi connectivity index (χ4v) is 5.42. The van der Waals surface area contributed by atoms with Crippen LogP contribution >= 0.6 is 23.4 Å². The molecule has 1 aromatic rings. The second kappa shape index (κ2) is 9.14. The van der Waals surface area contributed by atoms with Crippen molar-refractivity contribution in [3.05, 3.63) is 22.7 Å². The molecule has 2 saturated heterocycles. The van der Waals surface area contributed by atoms with Crippen LogP contribution in [0.25, 0.3) is 0 Å². The van der Waals surface area contributed by atoms with Gasteiger partial charge in [0.25, 0.3) is 5.91 Å². The zero-order valence-corrected chi connectivity index (χ0v) is 18.3. The Morgan fingerprint density at radius 2 is 1.93 bits per heavy atom. The number of anilines is 1. The second-order valence-corrected chi connectivity index (χ2v) is 9.73. The van der Waals surface area contributed by atoms with Crippen molar-refractivity contribution >= 4 is 40.9 Å². The van der Waals surface area contributed by atoms with E-state index in [9.17, 15) is 9.59 Å². The van der Waals surface area contributed by atoms with E-state index in [2.05, 4.69) is 15.5 Å². The lowest BCUT2D eigenvalue weighted by molar-refractivity contribution is -0.117. The highest BCUT2D eigenvalue weighted by Gasteiger charge is 2.32. The van der Waals surface area contributed by atoms with Crippen molar-refractivity contribution in [1.29, 1.82) is 0 Å². The molecule has 0 aromatic heterocycles. The predicted octanol–water partition coefficient (Wildman–Crippen LogP) is 3.40. The minimum absolute atomic E-state index is 0.0293. The lowest BCUT2D eigenvalue weighted by Crippen LogP contribution is -2.41. The Balaban J connectivity index is 1.40. The number of hydrogen-bond acceptors (Lipinski definition) is 5. The third-order valence-corrected chi connectivity index (χ3v) is 7.36. The van der Waals surface area contributed by atoms with Gasteiger partial charge < -0.3 is 15.4 Å². The van der Waals surface area contributed by atoms with Gasteiger partial charge in [0.1, 0.15) is 5.75 Å². The molecule has 8 heteroatoms. The quantitative estimate of drug-likeness (QED) is 0.713. The second-order valence-electron chi connectivity index (χ2n) is 8.09. The summed E-state index contributed by atoms with van der Waals surface area (Å²) in [5, 5.41) is 6.33. The van der Waals surface area contributed by atoms with E-state index in [-0.39, 0.29) is 23.8 Å². The lowest BCUT2D eigenvalue weighted by atomic mass is 10.1. The van der Waals surface area contributed by atoms with E-state index in [0.29, 0.717) is 28.1 Å². The van der Waals surface area contributed by atoms with Crippen LogP contribution in [0.5, 0.6) is 5.75 Å². The zero-order chi connectivity index (χ0) is 20.4. The highest BCUT2D eigenvalue weighted by molar-refractivity contribution is 7.99. The van der Waals surface area contributed by atoms with Gasteiger partial charge in [0.15, 0.2) is 0 Å². The topological polar surface area (TPSA) is 70.7 Å². The fourth-order valence-electron chi connectivity index (χ4n) is 4.13. The molecule has 1 atom stereocenters. The van der Waals surface area contributed by atoms with Crippen LogP contribution in [0.3, 0.4) is 0 Å². The SMILES string of the molecule is COc1cc(NC(=O)C2CC2)c(Cl)cc1C(=O)N[C@H]1CCN(C2CCSCC2)C1. The third-order valence-electron chi connectivity index (χ3n) is 6.00. The molecule has 6 nitrogen and oxygen atoms in total. The van der Waals surface area contributed by atoms with Crippen molar-refractivity contribution in [1.82, 2.24) is 10.2 Å². The van der Waals surface area contributed by atoms with Crippen molar-refractivity contribution < 1.29 is 14.3 Å². The summed E-state index contributed by atoms with van der Waals surface area (Å²) in [5.74, 6) is 2.74. The molecule has 158 valence electrons. The van der Waals surface area contributed by atoms with Gasteiger partial charge in [-0.15, -0.1) is 0 Å². The van der Waals surface area contributed by atoms with Crippen LogP contribution in [0.2, 0.25) is 5.02 Å². The molecule has 29 heavy (non-hydrogen) atoms. The molecular weight excluding hydrogens is 410 g/mol. The maximum absolute atomic E-state index is 12.9. The molecule has 0 spiro atoms. The molecule has 4 rings (SSSR count). The summed E-state index contributed by atoms with van der Waals surface area (Å²) in [4.78, 5) is 27.5. The Hall–Kier alpha value is -1.44. The first kappa shape index (κ1) is 20.8. The van der Waals surface area contributed by atoms with E-state index in [1.54, 1.807) is 12.1 Å². The maximum Gasteiger partial charge on any atom is 0.255 e. The Bertz CT molecular complexity index is 781. The van der Waals surface area contributed by atoms with Gasteiger partial charge in [-0.3, -0.25) is 14.5 Å². The van der Waals surface area contributed by atoms with Gasteiger partial charge in [-0.05, 0) is 49.7 Å². The molecule has 2 amide bonds. The number of ether oxygens (including phenoxy) is 1. The molecule has 3 fully saturated rings. The predicted molar refractivity (Wildman–Crippen MR) is 117 cm³/mol. The number of amides is 2. The van der Waals surface area contributed by atoms with Crippen molar-refractivity contribution in [2.75, 3.05) is 37.0 Å². The number of halogens is 1. The van der Waals surface area contributed by atoms with Gasteiger partial charge in [0, 0.05) is 37.2 Å². The Morgan fingerprint density at radius 3 is 2.62 bits per heavy atom. The van der Waals surface area contributed by atoms with Crippen LogP contribution in [-0.4, -0.2) is 60.5 Å². The molecule has 0 bridgehead atoms. The van der Waals surface area contributed by atoms with Crippen LogP contribution in [0, 0.1) is 5.92 Å². The van der Waals surface area contributed by atoms with E-state index in [1.807, 2.05) is 11.8 Å². The number of nitrogens with one attached hydrogen (secondary N) is 2. The minimum atomic E-state index is -0.185. The van der Waals surface area contributed by atoms with Crippen LogP contribution in [0.1, 0.15) is 42.5 Å². The van der Waals surface area contributed by atoms with Gasteiger partial charge in [-0.25, -0.2) is 0 Å². The summed E-state index contributed by atoms with van der Waals surface area (Å²) >= 11 is 8.38. The molecule has 1 saturated carbocycles. The molecule has 2 N–H and O–H groups in total. The van der Waals surface area contributed by atoms with E-state index in [0.717, 1.165) is 32.4 Å². The lowest BCUT2D eigenvalue weighted by Gasteiger charge is -2.30. The first-order valence-corrected chi connectivity index (χ1v) is 11.9. The Morgan fingerprint density at radius 1 is 1.17 bits per heavy atom. The average Bonchev–Trinajstić information content (AvgIpc) is 3.49. The first-order chi connectivity index (χ1) is 14.0. The number of nitrogens with zero attached hydrogens (tertiary/aromatic N) is 1. The number of likely N-dealkylation sites (tertiary alicyclic amines) is 1. The van der Waals surface area contributed by atoms with Crippen molar-refractivity contribution in [3.63, 3.8) is 0 Å².